The van der Waals surface area contributed by atoms with Crippen LogP contribution in [-0.2, 0) is 4.74 Å². The fraction of sp³-hybridized carbons (Fsp3) is 0.407. The second-order valence-electron chi connectivity index (χ2n) is 9.09. The molecule has 1 saturated heterocycles. The van der Waals surface area contributed by atoms with Crippen molar-refractivity contribution < 1.29 is 14.2 Å². The average Bonchev–Trinajstić information content (AvgIpc) is 2.92. The van der Waals surface area contributed by atoms with Gasteiger partial charge >= 0.3 is 0 Å². The lowest BCUT2D eigenvalue weighted by atomic mass is 10.1. The molecule has 1 aliphatic heterocycles. The van der Waals surface area contributed by atoms with Crippen molar-refractivity contribution in [2.24, 2.45) is 0 Å². The summed E-state index contributed by atoms with van der Waals surface area (Å²) in [6.45, 7) is 3.11. The molecule has 0 spiro atoms. The van der Waals surface area contributed by atoms with Crippen LogP contribution in [0, 0.1) is 11.3 Å². The molecule has 37 heavy (non-hydrogen) atoms. The lowest BCUT2D eigenvalue weighted by Gasteiger charge is -2.23. The number of pyridine rings is 1. The summed E-state index contributed by atoms with van der Waals surface area (Å²) in [5.41, 5.74) is 2.84. The Morgan fingerprint density at radius 3 is 2.62 bits per heavy atom. The fourth-order valence-corrected chi connectivity index (χ4v) is 3.96. The van der Waals surface area contributed by atoms with Gasteiger partial charge in [-0.1, -0.05) is 0 Å². The molecule has 2 aromatic heterocycles. The average molecular weight is 504 g/mol. The molecule has 0 saturated carbocycles. The standard InChI is InChI=1S/C27H33N7O3/c1-33(2)13-14-34(3)23-6-8-25(31-26(23)35-4)32-27-29-12-9-22(30-27)19-5-7-24(20(17-19)18-28)37-21-10-15-36-16-11-21/h5-9,12,17,21H,10-11,13-16H2,1-4H3,(H,29,30,31,32). The number of aromatic nitrogens is 3. The lowest BCUT2D eigenvalue weighted by molar-refractivity contribution is 0.0254. The molecule has 194 valence electrons. The van der Waals surface area contributed by atoms with E-state index >= 15 is 0 Å². The Kier molecular flexibility index (Phi) is 8.72. The first-order valence-corrected chi connectivity index (χ1v) is 12.3. The van der Waals surface area contributed by atoms with Gasteiger partial charge in [0.25, 0.3) is 0 Å². The lowest BCUT2D eigenvalue weighted by Crippen LogP contribution is -2.28. The maximum absolute atomic E-state index is 9.71. The number of ether oxygens (including phenoxy) is 3. The van der Waals surface area contributed by atoms with Crippen LogP contribution in [0.15, 0.2) is 42.6 Å². The maximum Gasteiger partial charge on any atom is 0.239 e. The summed E-state index contributed by atoms with van der Waals surface area (Å²) in [6, 6.07) is 13.4. The van der Waals surface area contributed by atoms with Crippen LogP contribution in [0.4, 0.5) is 17.5 Å². The van der Waals surface area contributed by atoms with E-state index in [0.717, 1.165) is 37.2 Å². The van der Waals surface area contributed by atoms with E-state index in [1.54, 1.807) is 25.4 Å². The smallest absolute Gasteiger partial charge is 0.239 e. The van der Waals surface area contributed by atoms with Crippen LogP contribution in [-0.4, -0.2) is 80.5 Å². The van der Waals surface area contributed by atoms with Gasteiger partial charge in [0.1, 0.15) is 23.7 Å². The van der Waals surface area contributed by atoms with Crippen LogP contribution in [0.5, 0.6) is 11.6 Å². The highest BCUT2D eigenvalue weighted by Gasteiger charge is 2.18. The number of nitriles is 1. The highest BCUT2D eigenvalue weighted by Crippen LogP contribution is 2.30. The summed E-state index contributed by atoms with van der Waals surface area (Å²) in [6.07, 6.45) is 3.37. The Balaban J connectivity index is 1.50. The summed E-state index contributed by atoms with van der Waals surface area (Å²) in [5.74, 6) is 2.05. The molecule has 1 aliphatic rings. The Morgan fingerprint density at radius 2 is 1.89 bits per heavy atom. The van der Waals surface area contributed by atoms with Crippen molar-refractivity contribution >= 4 is 17.5 Å². The van der Waals surface area contributed by atoms with E-state index in [-0.39, 0.29) is 6.10 Å². The van der Waals surface area contributed by atoms with Crippen molar-refractivity contribution in [2.45, 2.75) is 18.9 Å². The molecule has 0 unspecified atom stereocenters. The maximum atomic E-state index is 9.71. The number of benzene rings is 1. The predicted octanol–water partition coefficient (Wildman–Crippen LogP) is 3.72. The molecule has 1 N–H and O–H groups in total. The number of hydrogen-bond acceptors (Lipinski definition) is 10. The van der Waals surface area contributed by atoms with Crippen LogP contribution in [0.2, 0.25) is 0 Å². The number of nitrogens with zero attached hydrogens (tertiary/aromatic N) is 6. The van der Waals surface area contributed by atoms with E-state index in [1.807, 2.05) is 45.4 Å². The Morgan fingerprint density at radius 1 is 1.08 bits per heavy atom. The summed E-state index contributed by atoms with van der Waals surface area (Å²) < 4.78 is 17.0. The molecule has 3 aromatic rings. The van der Waals surface area contributed by atoms with Gasteiger partial charge in [0, 0.05) is 44.7 Å². The van der Waals surface area contributed by atoms with Gasteiger partial charge in [-0.3, -0.25) is 0 Å². The molecule has 1 fully saturated rings. The van der Waals surface area contributed by atoms with Gasteiger partial charge in [0.2, 0.25) is 11.8 Å². The zero-order valence-electron chi connectivity index (χ0n) is 21.8. The van der Waals surface area contributed by atoms with Crippen molar-refractivity contribution in [1.82, 2.24) is 19.9 Å². The monoisotopic (exact) mass is 503 g/mol. The van der Waals surface area contributed by atoms with E-state index in [9.17, 15) is 5.26 Å². The summed E-state index contributed by atoms with van der Waals surface area (Å²) in [4.78, 5) is 17.8. The van der Waals surface area contributed by atoms with Crippen LogP contribution < -0.4 is 19.7 Å². The third-order valence-electron chi connectivity index (χ3n) is 6.08. The zero-order valence-corrected chi connectivity index (χ0v) is 21.8. The molecule has 10 nitrogen and oxygen atoms in total. The van der Waals surface area contributed by atoms with Crippen LogP contribution >= 0.6 is 0 Å². The minimum absolute atomic E-state index is 0.0604. The largest absolute Gasteiger partial charge is 0.489 e. The zero-order chi connectivity index (χ0) is 26.2. The normalized spacial score (nSPS) is 13.7. The first-order valence-electron chi connectivity index (χ1n) is 12.3. The van der Waals surface area contributed by atoms with Crippen molar-refractivity contribution in [3.05, 3.63) is 48.2 Å². The van der Waals surface area contributed by atoms with Crippen molar-refractivity contribution in [2.75, 3.05) is 64.8 Å². The Hall–Kier alpha value is -3.94. The van der Waals surface area contributed by atoms with E-state index in [1.165, 1.54) is 0 Å². The summed E-state index contributed by atoms with van der Waals surface area (Å²) in [7, 11) is 7.70. The first kappa shape index (κ1) is 26.1. The highest BCUT2D eigenvalue weighted by molar-refractivity contribution is 5.66. The molecule has 0 bridgehead atoms. The fourth-order valence-electron chi connectivity index (χ4n) is 3.96. The van der Waals surface area contributed by atoms with Crippen molar-refractivity contribution in [3.63, 3.8) is 0 Å². The van der Waals surface area contributed by atoms with Gasteiger partial charge < -0.3 is 29.3 Å². The van der Waals surface area contributed by atoms with Crippen molar-refractivity contribution in [1.29, 1.82) is 5.26 Å². The predicted molar refractivity (Wildman–Crippen MR) is 143 cm³/mol. The molecule has 0 aliphatic carbocycles. The summed E-state index contributed by atoms with van der Waals surface area (Å²) in [5, 5.41) is 12.9. The topological polar surface area (TPSA) is 109 Å². The molecule has 1 aromatic carbocycles. The van der Waals surface area contributed by atoms with Crippen LogP contribution in [0.25, 0.3) is 11.3 Å². The van der Waals surface area contributed by atoms with E-state index in [0.29, 0.717) is 47.9 Å². The van der Waals surface area contributed by atoms with Gasteiger partial charge in [-0.05, 0) is 50.5 Å². The Labute approximate surface area is 217 Å². The molecular formula is C27H33N7O3. The second kappa shape index (κ2) is 12.3. The minimum atomic E-state index is 0.0604. The van der Waals surface area contributed by atoms with Gasteiger partial charge in [-0.25, -0.2) is 9.97 Å². The number of rotatable bonds is 10. The highest BCUT2D eigenvalue weighted by atomic mass is 16.5. The minimum Gasteiger partial charge on any atom is -0.489 e. The van der Waals surface area contributed by atoms with E-state index in [4.69, 9.17) is 14.2 Å². The van der Waals surface area contributed by atoms with E-state index < -0.39 is 0 Å². The third kappa shape index (κ3) is 6.84. The number of hydrogen-bond donors (Lipinski definition) is 1. The number of nitrogens with one attached hydrogen (secondary N) is 1. The number of anilines is 3. The van der Waals surface area contributed by atoms with Gasteiger partial charge in [0.15, 0.2) is 0 Å². The van der Waals surface area contributed by atoms with Gasteiger partial charge in [0.05, 0.1) is 37.3 Å². The van der Waals surface area contributed by atoms with E-state index in [2.05, 4.69) is 36.1 Å². The van der Waals surface area contributed by atoms with Crippen LogP contribution in [0.1, 0.15) is 18.4 Å². The van der Waals surface area contributed by atoms with Crippen LogP contribution in [0.3, 0.4) is 0 Å². The third-order valence-corrected chi connectivity index (χ3v) is 6.08. The molecule has 4 rings (SSSR count). The van der Waals surface area contributed by atoms with Gasteiger partial charge in [-0.15, -0.1) is 0 Å². The second-order valence-corrected chi connectivity index (χ2v) is 9.09. The molecule has 3 heterocycles. The molecule has 0 amide bonds. The van der Waals surface area contributed by atoms with Gasteiger partial charge in [-0.2, -0.15) is 10.2 Å². The number of methoxy groups -OCH3 is 1. The molecule has 0 atom stereocenters. The SMILES string of the molecule is COc1nc(Nc2nccc(-c3ccc(OC4CCOCC4)c(C#N)c3)n2)ccc1N(C)CCN(C)C. The van der Waals surface area contributed by atoms with Crippen molar-refractivity contribution in [3.8, 4) is 29.0 Å². The molecular weight excluding hydrogens is 470 g/mol. The molecule has 10 heteroatoms. The Bertz CT molecular complexity index is 1240. The number of likely N-dealkylation sites (N-methyl/N-ethyl adjacent to an activating group) is 2. The first-order chi connectivity index (χ1) is 18.0. The quantitative estimate of drug-likeness (QED) is 0.440. The summed E-state index contributed by atoms with van der Waals surface area (Å²) >= 11 is 0. The molecule has 0 radical (unpaired) electrons.